The van der Waals surface area contributed by atoms with Gasteiger partial charge < -0.3 is 15.3 Å². The zero-order valence-electron chi connectivity index (χ0n) is 12.5. The summed E-state index contributed by atoms with van der Waals surface area (Å²) in [6, 6.07) is 6.94. The maximum Gasteiger partial charge on any atom is 0.318 e. The fourth-order valence-corrected chi connectivity index (χ4v) is 2.08. The standard InChI is InChI=1S/C15H21ClN2O3/c1-15(2,3)18(8-7-13(19)20)14(21)17-10-11-5-4-6-12(16)9-11/h4-6,9H,7-8,10H2,1-3H3,(H,17,21)(H,19,20). The first-order chi connectivity index (χ1) is 9.70. The second kappa shape index (κ2) is 7.31. The molecule has 6 heteroatoms. The van der Waals surface area contributed by atoms with Crippen LogP contribution in [0.3, 0.4) is 0 Å². The van der Waals surface area contributed by atoms with Crippen LogP contribution in [0.4, 0.5) is 4.79 Å². The largest absolute Gasteiger partial charge is 0.481 e. The molecule has 1 rings (SSSR count). The third-order valence-corrected chi connectivity index (χ3v) is 3.17. The van der Waals surface area contributed by atoms with Gasteiger partial charge in [-0.3, -0.25) is 4.79 Å². The molecule has 0 aliphatic heterocycles. The number of rotatable bonds is 5. The first-order valence-corrected chi connectivity index (χ1v) is 7.09. The van der Waals surface area contributed by atoms with E-state index in [1.807, 2.05) is 32.9 Å². The predicted octanol–water partition coefficient (Wildman–Crippen LogP) is 3.12. The van der Waals surface area contributed by atoms with Crippen LogP contribution in [0.2, 0.25) is 5.02 Å². The van der Waals surface area contributed by atoms with Crippen molar-refractivity contribution >= 4 is 23.6 Å². The summed E-state index contributed by atoms with van der Waals surface area (Å²) in [4.78, 5) is 24.5. The van der Waals surface area contributed by atoms with Gasteiger partial charge >= 0.3 is 12.0 Å². The van der Waals surface area contributed by atoms with Gasteiger partial charge in [-0.2, -0.15) is 0 Å². The summed E-state index contributed by atoms with van der Waals surface area (Å²) in [5, 5.41) is 12.2. The van der Waals surface area contributed by atoms with E-state index >= 15 is 0 Å². The molecule has 0 radical (unpaired) electrons. The first kappa shape index (κ1) is 17.3. The van der Waals surface area contributed by atoms with Crippen LogP contribution in [-0.4, -0.2) is 34.1 Å². The summed E-state index contributed by atoms with van der Waals surface area (Å²) >= 11 is 5.89. The lowest BCUT2D eigenvalue weighted by atomic mass is 10.1. The Morgan fingerprint density at radius 1 is 1.33 bits per heavy atom. The van der Waals surface area contributed by atoms with Crippen LogP contribution >= 0.6 is 11.6 Å². The van der Waals surface area contributed by atoms with Gasteiger partial charge in [0.25, 0.3) is 0 Å². The lowest BCUT2D eigenvalue weighted by Gasteiger charge is -2.35. The van der Waals surface area contributed by atoms with E-state index in [2.05, 4.69) is 5.32 Å². The van der Waals surface area contributed by atoms with E-state index in [-0.39, 0.29) is 19.0 Å². The van der Waals surface area contributed by atoms with Crippen LogP contribution in [0, 0.1) is 0 Å². The molecular weight excluding hydrogens is 292 g/mol. The van der Waals surface area contributed by atoms with Crippen molar-refractivity contribution in [1.82, 2.24) is 10.2 Å². The molecule has 0 bridgehead atoms. The number of carbonyl (C=O) groups excluding carboxylic acids is 1. The van der Waals surface area contributed by atoms with Gasteiger partial charge in [0.15, 0.2) is 0 Å². The quantitative estimate of drug-likeness (QED) is 0.877. The number of benzene rings is 1. The number of halogens is 1. The molecule has 1 aromatic carbocycles. The number of urea groups is 1. The summed E-state index contributed by atoms with van der Waals surface area (Å²) < 4.78 is 0. The second-order valence-electron chi connectivity index (χ2n) is 5.75. The fourth-order valence-electron chi connectivity index (χ4n) is 1.87. The average Bonchev–Trinajstić information content (AvgIpc) is 2.34. The highest BCUT2D eigenvalue weighted by molar-refractivity contribution is 6.30. The van der Waals surface area contributed by atoms with Gasteiger partial charge in [0.2, 0.25) is 0 Å². The van der Waals surface area contributed by atoms with Crippen LogP contribution in [0.25, 0.3) is 0 Å². The van der Waals surface area contributed by atoms with Gasteiger partial charge in [-0.25, -0.2) is 4.79 Å². The zero-order chi connectivity index (χ0) is 16.0. The molecule has 0 atom stereocenters. The van der Waals surface area contributed by atoms with E-state index in [0.29, 0.717) is 11.6 Å². The number of carbonyl (C=O) groups is 2. The number of nitrogens with zero attached hydrogens (tertiary/aromatic N) is 1. The zero-order valence-corrected chi connectivity index (χ0v) is 13.3. The number of aliphatic carboxylic acids is 1. The first-order valence-electron chi connectivity index (χ1n) is 6.72. The monoisotopic (exact) mass is 312 g/mol. The maximum absolute atomic E-state index is 12.2. The minimum Gasteiger partial charge on any atom is -0.481 e. The topological polar surface area (TPSA) is 69.6 Å². The van der Waals surface area contributed by atoms with E-state index in [9.17, 15) is 9.59 Å². The number of hydrogen-bond donors (Lipinski definition) is 2. The van der Waals surface area contributed by atoms with Crippen LogP contribution < -0.4 is 5.32 Å². The molecule has 21 heavy (non-hydrogen) atoms. The highest BCUT2D eigenvalue weighted by Crippen LogP contribution is 2.15. The minimum atomic E-state index is -0.924. The minimum absolute atomic E-state index is 0.0815. The number of amides is 2. The number of carboxylic acids is 1. The van der Waals surface area contributed by atoms with E-state index in [0.717, 1.165) is 5.56 Å². The van der Waals surface area contributed by atoms with Gasteiger partial charge in [0, 0.05) is 23.7 Å². The number of carboxylic acid groups (broad SMARTS) is 1. The molecule has 1 aromatic rings. The van der Waals surface area contributed by atoms with Crippen molar-refractivity contribution in [1.29, 1.82) is 0 Å². The summed E-state index contributed by atoms with van der Waals surface area (Å²) in [7, 11) is 0. The Morgan fingerprint density at radius 3 is 2.52 bits per heavy atom. The Labute approximate surface area is 129 Å². The molecule has 0 saturated heterocycles. The summed E-state index contributed by atoms with van der Waals surface area (Å²) in [6.45, 7) is 6.12. The Balaban J connectivity index is 2.66. The van der Waals surface area contributed by atoms with Gasteiger partial charge in [-0.1, -0.05) is 23.7 Å². The van der Waals surface area contributed by atoms with Crippen molar-refractivity contribution in [3.05, 3.63) is 34.9 Å². The van der Waals surface area contributed by atoms with Gasteiger partial charge in [0.05, 0.1) is 6.42 Å². The van der Waals surface area contributed by atoms with Crippen molar-refractivity contribution in [3.63, 3.8) is 0 Å². The lowest BCUT2D eigenvalue weighted by Crippen LogP contribution is -2.50. The van der Waals surface area contributed by atoms with Crippen LogP contribution in [0.5, 0.6) is 0 Å². The molecule has 0 spiro atoms. The maximum atomic E-state index is 12.2. The van der Waals surface area contributed by atoms with Crippen molar-refractivity contribution < 1.29 is 14.7 Å². The van der Waals surface area contributed by atoms with Crippen LogP contribution in [0.1, 0.15) is 32.8 Å². The van der Waals surface area contributed by atoms with E-state index in [1.54, 1.807) is 12.1 Å². The van der Waals surface area contributed by atoms with Crippen molar-refractivity contribution in [2.24, 2.45) is 0 Å². The summed E-state index contributed by atoms with van der Waals surface area (Å²) in [6.07, 6.45) is -0.0815. The number of hydrogen-bond acceptors (Lipinski definition) is 2. The summed E-state index contributed by atoms with van der Waals surface area (Å²) in [5.41, 5.74) is 0.441. The molecule has 0 aliphatic carbocycles. The Hall–Kier alpha value is -1.75. The smallest absolute Gasteiger partial charge is 0.318 e. The van der Waals surface area contributed by atoms with Gasteiger partial charge in [0.1, 0.15) is 0 Å². The highest BCUT2D eigenvalue weighted by atomic mass is 35.5. The average molecular weight is 313 g/mol. The molecule has 116 valence electrons. The van der Waals surface area contributed by atoms with Crippen LogP contribution in [-0.2, 0) is 11.3 Å². The molecular formula is C15H21ClN2O3. The van der Waals surface area contributed by atoms with Crippen molar-refractivity contribution in [2.45, 2.75) is 39.3 Å². The molecule has 0 heterocycles. The molecule has 0 saturated carbocycles. The predicted molar refractivity (Wildman–Crippen MR) is 82.4 cm³/mol. The lowest BCUT2D eigenvalue weighted by molar-refractivity contribution is -0.137. The van der Waals surface area contributed by atoms with Crippen LogP contribution in [0.15, 0.2) is 24.3 Å². The molecule has 0 aromatic heterocycles. The normalized spacial score (nSPS) is 11.0. The second-order valence-corrected chi connectivity index (χ2v) is 6.19. The fraction of sp³-hybridized carbons (Fsp3) is 0.467. The Morgan fingerprint density at radius 2 is 2.00 bits per heavy atom. The SMILES string of the molecule is CC(C)(C)N(CCC(=O)O)C(=O)NCc1cccc(Cl)c1. The van der Waals surface area contributed by atoms with E-state index in [1.165, 1.54) is 4.90 Å². The van der Waals surface area contributed by atoms with Crippen molar-refractivity contribution in [2.75, 3.05) is 6.54 Å². The third kappa shape index (κ3) is 6.04. The Kier molecular flexibility index (Phi) is 6.03. The molecule has 2 N–H and O–H groups in total. The van der Waals surface area contributed by atoms with E-state index in [4.69, 9.17) is 16.7 Å². The van der Waals surface area contributed by atoms with Crippen molar-refractivity contribution in [3.8, 4) is 0 Å². The summed E-state index contributed by atoms with van der Waals surface area (Å²) in [5.74, 6) is -0.924. The van der Waals surface area contributed by atoms with E-state index < -0.39 is 11.5 Å². The molecule has 0 fully saturated rings. The van der Waals surface area contributed by atoms with Gasteiger partial charge in [-0.15, -0.1) is 0 Å². The number of nitrogens with one attached hydrogen (secondary N) is 1. The Bertz CT molecular complexity index is 512. The third-order valence-electron chi connectivity index (χ3n) is 2.94. The van der Waals surface area contributed by atoms with Gasteiger partial charge in [-0.05, 0) is 38.5 Å². The molecule has 0 unspecified atom stereocenters. The molecule has 0 aliphatic rings. The highest BCUT2D eigenvalue weighted by Gasteiger charge is 2.26. The molecule has 5 nitrogen and oxygen atoms in total. The molecule has 2 amide bonds.